The number of aromatic nitrogens is 2. The van der Waals surface area contributed by atoms with Crippen molar-refractivity contribution in [1.29, 1.82) is 0 Å². The molecule has 6 heteroatoms. The van der Waals surface area contributed by atoms with Crippen LogP contribution in [-0.2, 0) is 6.42 Å². The highest BCUT2D eigenvalue weighted by Gasteiger charge is 2.16. The van der Waals surface area contributed by atoms with Crippen molar-refractivity contribution in [3.8, 4) is 10.6 Å². The third-order valence-electron chi connectivity index (χ3n) is 3.09. The zero-order valence-corrected chi connectivity index (χ0v) is 13.3. The molecule has 0 aliphatic heterocycles. The van der Waals surface area contributed by atoms with E-state index in [-0.39, 0.29) is 0 Å². The van der Waals surface area contributed by atoms with Gasteiger partial charge in [0.2, 0.25) is 0 Å². The zero-order valence-electron chi connectivity index (χ0n) is 11.7. The molecule has 0 spiro atoms. The summed E-state index contributed by atoms with van der Waals surface area (Å²) in [4.78, 5) is 4.51. The molecule has 1 aromatic carbocycles. The minimum atomic E-state index is 0.552. The number of nitrogen functional groups attached to an aromatic ring is 1. The van der Waals surface area contributed by atoms with Gasteiger partial charge in [-0.2, -0.15) is 4.37 Å². The van der Waals surface area contributed by atoms with Crippen molar-refractivity contribution in [2.45, 2.75) is 13.3 Å². The zero-order chi connectivity index (χ0) is 14.7. The summed E-state index contributed by atoms with van der Waals surface area (Å²) >= 11 is 3.00. The number of benzene rings is 1. The lowest BCUT2D eigenvalue weighted by Gasteiger charge is -2.05. The van der Waals surface area contributed by atoms with Crippen LogP contribution in [0.3, 0.4) is 0 Å². The fraction of sp³-hybridized carbons (Fsp3) is 0.200. The summed E-state index contributed by atoms with van der Waals surface area (Å²) in [5.74, 6) is 0.552. The van der Waals surface area contributed by atoms with Gasteiger partial charge in [-0.05, 0) is 30.4 Å². The summed E-state index contributed by atoms with van der Waals surface area (Å²) in [6.07, 6.45) is 0.967. The van der Waals surface area contributed by atoms with E-state index in [0.717, 1.165) is 34.2 Å². The van der Waals surface area contributed by atoms with Crippen LogP contribution >= 0.6 is 22.9 Å². The normalized spacial score (nSPS) is 10.7. The molecule has 2 heterocycles. The molecule has 3 rings (SSSR count). The molecule has 4 nitrogen and oxygen atoms in total. The van der Waals surface area contributed by atoms with Gasteiger partial charge in [0.1, 0.15) is 15.8 Å². The fourth-order valence-corrected chi connectivity index (χ4v) is 3.72. The van der Waals surface area contributed by atoms with Crippen LogP contribution in [0.4, 0.5) is 10.8 Å². The highest BCUT2D eigenvalue weighted by Crippen LogP contribution is 2.38. The molecule has 0 radical (unpaired) electrons. The van der Waals surface area contributed by atoms with E-state index in [1.165, 1.54) is 17.1 Å². The predicted octanol–water partition coefficient (Wildman–Crippen LogP) is 3.81. The summed E-state index contributed by atoms with van der Waals surface area (Å²) in [6.45, 7) is 2.83. The highest BCUT2D eigenvalue weighted by molar-refractivity contribution is 7.15. The van der Waals surface area contributed by atoms with Gasteiger partial charge >= 0.3 is 0 Å². The maximum atomic E-state index is 5.99. The van der Waals surface area contributed by atoms with Crippen LogP contribution in [0.5, 0.6) is 0 Å². The van der Waals surface area contributed by atoms with E-state index in [0.29, 0.717) is 5.82 Å². The van der Waals surface area contributed by atoms with Crippen molar-refractivity contribution in [3.05, 3.63) is 47.0 Å². The van der Waals surface area contributed by atoms with Crippen LogP contribution in [0.15, 0.2) is 35.7 Å². The van der Waals surface area contributed by atoms with Gasteiger partial charge < -0.3 is 11.1 Å². The summed E-state index contributed by atoms with van der Waals surface area (Å²) in [7, 11) is 0. The Hall–Kier alpha value is -1.92. The maximum absolute atomic E-state index is 5.99. The van der Waals surface area contributed by atoms with Crippen LogP contribution in [-0.4, -0.2) is 15.9 Å². The molecule has 0 amide bonds. The Morgan fingerprint density at radius 3 is 2.76 bits per heavy atom. The molecule has 108 valence electrons. The van der Waals surface area contributed by atoms with Gasteiger partial charge in [-0.15, -0.1) is 11.3 Å². The molecular weight excluding hydrogens is 300 g/mol. The van der Waals surface area contributed by atoms with Crippen LogP contribution in [0.25, 0.3) is 10.6 Å². The second kappa shape index (κ2) is 6.24. The number of nitrogens with one attached hydrogen (secondary N) is 1. The maximum Gasteiger partial charge on any atom is 0.149 e. The summed E-state index contributed by atoms with van der Waals surface area (Å²) in [6, 6.07) is 10.4. The Bertz CT molecular complexity index is 718. The summed E-state index contributed by atoms with van der Waals surface area (Å²) < 4.78 is 4.25. The van der Waals surface area contributed by atoms with Crippen molar-refractivity contribution in [2.24, 2.45) is 0 Å². The fourth-order valence-electron chi connectivity index (χ4n) is 2.06. The van der Waals surface area contributed by atoms with E-state index in [1.807, 2.05) is 18.4 Å². The molecule has 0 aliphatic carbocycles. The van der Waals surface area contributed by atoms with E-state index < -0.39 is 0 Å². The SMILES string of the molecule is Cc1csc(-c2c(N)nsc2NCCc2ccccc2)n1. The molecule has 0 unspecified atom stereocenters. The molecule has 0 aliphatic rings. The van der Waals surface area contributed by atoms with Crippen LogP contribution in [0, 0.1) is 6.92 Å². The van der Waals surface area contributed by atoms with Crippen molar-refractivity contribution >= 4 is 33.7 Å². The standard InChI is InChI=1S/C15H16N4S2/c1-10-9-20-15(18-10)12-13(16)19-21-14(12)17-8-7-11-5-3-2-4-6-11/h2-6,9,17H,7-8H2,1H3,(H2,16,19). The van der Waals surface area contributed by atoms with E-state index in [1.54, 1.807) is 11.3 Å². The van der Waals surface area contributed by atoms with Gasteiger partial charge in [0, 0.05) is 17.6 Å². The third-order valence-corrected chi connectivity index (χ3v) is 4.89. The number of hydrogen-bond acceptors (Lipinski definition) is 6. The van der Waals surface area contributed by atoms with Crippen LogP contribution < -0.4 is 11.1 Å². The molecule has 0 bridgehead atoms. The second-order valence-corrected chi connectivity index (χ2v) is 6.36. The van der Waals surface area contributed by atoms with Crippen molar-refractivity contribution in [3.63, 3.8) is 0 Å². The third kappa shape index (κ3) is 3.22. The lowest BCUT2D eigenvalue weighted by atomic mass is 10.1. The first kappa shape index (κ1) is 14.0. The Labute approximate surface area is 131 Å². The molecule has 0 saturated carbocycles. The number of aryl methyl sites for hydroxylation is 1. The van der Waals surface area contributed by atoms with Gasteiger partial charge in [-0.3, -0.25) is 0 Å². The Kier molecular flexibility index (Phi) is 4.17. The van der Waals surface area contributed by atoms with Gasteiger partial charge in [0.25, 0.3) is 0 Å². The van der Waals surface area contributed by atoms with E-state index in [9.17, 15) is 0 Å². The monoisotopic (exact) mass is 316 g/mol. The minimum Gasteiger partial charge on any atom is -0.382 e. The number of nitrogens with zero attached hydrogens (tertiary/aromatic N) is 2. The lowest BCUT2D eigenvalue weighted by Crippen LogP contribution is -2.04. The molecule has 3 N–H and O–H groups in total. The van der Waals surface area contributed by atoms with Crippen LogP contribution in [0.2, 0.25) is 0 Å². The van der Waals surface area contributed by atoms with Gasteiger partial charge in [0.05, 0.1) is 5.56 Å². The molecule has 0 saturated heterocycles. The topological polar surface area (TPSA) is 63.8 Å². The molecule has 21 heavy (non-hydrogen) atoms. The smallest absolute Gasteiger partial charge is 0.149 e. The van der Waals surface area contributed by atoms with Crippen molar-refractivity contribution < 1.29 is 0 Å². The Morgan fingerprint density at radius 2 is 2.05 bits per heavy atom. The van der Waals surface area contributed by atoms with Crippen molar-refractivity contribution in [2.75, 3.05) is 17.6 Å². The van der Waals surface area contributed by atoms with E-state index >= 15 is 0 Å². The molecular formula is C15H16N4S2. The Morgan fingerprint density at radius 1 is 1.24 bits per heavy atom. The average molecular weight is 316 g/mol. The van der Waals surface area contributed by atoms with Gasteiger partial charge in [-0.1, -0.05) is 30.3 Å². The molecule has 0 atom stereocenters. The summed E-state index contributed by atoms with van der Waals surface area (Å²) in [5.41, 5.74) is 9.25. The molecule has 3 aromatic rings. The lowest BCUT2D eigenvalue weighted by molar-refractivity contribution is 1.02. The minimum absolute atomic E-state index is 0.552. The van der Waals surface area contributed by atoms with E-state index in [2.05, 4.69) is 38.9 Å². The van der Waals surface area contributed by atoms with Gasteiger partial charge in [0.15, 0.2) is 0 Å². The first-order chi connectivity index (χ1) is 10.2. The molecule has 2 aromatic heterocycles. The first-order valence-corrected chi connectivity index (χ1v) is 8.35. The number of nitrogens with two attached hydrogens (primary N) is 1. The number of rotatable bonds is 5. The number of anilines is 2. The summed E-state index contributed by atoms with van der Waals surface area (Å²) in [5, 5.41) is 7.39. The second-order valence-electron chi connectivity index (χ2n) is 4.73. The van der Waals surface area contributed by atoms with E-state index in [4.69, 9.17) is 5.73 Å². The quantitative estimate of drug-likeness (QED) is 0.751. The van der Waals surface area contributed by atoms with Crippen molar-refractivity contribution in [1.82, 2.24) is 9.36 Å². The number of thiazole rings is 1. The predicted molar refractivity (Wildman–Crippen MR) is 91.0 cm³/mol. The van der Waals surface area contributed by atoms with Gasteiger partial charge in [-0.25, -0.2) is 4.98 Å². The average Bonchev–Trinajstić information content (AvgIpc) is 3.06. The number of hydrogen-bond donors (Lipinski definition) is 2. The largest absolute Gasteiger partial charge is 0.382 e. The first-order valence-electron chi connectivity index (χ1n) is 6.69. The highest BCUT2D eigenvalue weighted by atomic mass is 32.1. The van der Waals surface area contributed by atoms with Crippen LogP contribution in [0.1, 0.15) is 11.3 Å². The molecule has 0 fully saturated rings. The Balaban J connectivity index is 1.72.